The van der Waals surface area contributed by atoms with E-state index in [0.29, 0.717) is 41.8 Å². The number of benzene rings is 1. The van der Waals surface area contributed by atoms with E-state index < -0.39 is 0 Å². The number of piperidine rings is 3. The molecule has 0 N–H and O–H groups in total. The molecular formula is C31H36N4O3. The van der Waals surface area contributed by atoms with Crippen LogP contribution in [-0.2, 0) is 4.74 Å². The van der Waals surface area contributed by atoms with Gasteiger partial charge in [0.1, 0.15) is 24.2 Å². The number of methoxy groups -OCH3 is 1. The predicted molar refractivity (Wildman–Crippen MR) is 149 cm³/mol. The van der Waals surface area contributed by atoms with E-state index in [1.807, 2.05) is 36.5 Å². The average molecular weight is 513 g/mol. The fourth-order valence-electron chi connectivity index (χ4n) is 6.16. The van der Waals surface area contributed by atoms with Gasteiger partial charge in [0.15, 0.2) is 0 Å². The number of aromatic nitrogens is 2. The quantitative estimate of drug-likeness (QED) is 0.374. The lowest BCUT2D eigenvalue weighted by Gasteiger charge is -2.51. The molecule has 4 aliphatic rings. The maximum absolute atomic E-state index is 6.86. The van der Waals surface area contributed by atoms with Gasteiger partial charge in [-0.3, -0.25) is 9.88 Å². The molecule has 3 aromatic rings. The maximum Gasteiger partial charge on any atom is 0.235 e. The lowest BCUT2D eigenvalue weighted by molar-refractivity contribution is -0.0368. The number of rotatable bonds is 8. The maximum atomic E-state index is 6.86. The number of pyridine rings is 2. The van der Waals surface area contributed by atoms with E-state index in [9.17, 15) is 0 Å². The van der Waals surface area contributed by atoms with Crippen molar-refractivity contribution < 1.29 is 14.2 Å². The second-order valence-electron chi connectivity index (χ2n) is 11.0. The third kappa shape index (κ3) is 4.64. The van der Waals surface area contributed by atoms with Gasteiger partial charge in [0.25, 0.3) is 0 Å². The molecule has 1 aromatic carbocycles. The van der Waals surface area contributed by atoms with Gasteiger partial charge in [0, 0.05) is 29.8 Å². The van der Waals surface area contributed by atoms with Crippen LogP contribution < -0.4 is 9.47 Å². The minimum atomic E-state index is -0.223. The second kappa shape index (κ2) is 10.4. The molecule has 6 atom stereocenters. The summed E-state index contributed by atoms with van der Waals surface area (Å²) in [7, 11) is 1.69. The van der Waals surface area contributed by atoms with Gasteiger partial charge in [-0.2, -0.15) is 0 Å². The van der Waals surface area contributed by atoms with Crippen molar-refractivity contribution in [3.63, 3.8) is 0 Å². The number of aliphatic imine (C=N–C) groups is 1. The Hall–Kier alpha value is -3.45. The zero-order valence-corrected chi connectivity index (χ0v) is 22.4. The van der Waals surface area contributed by atoms with Gasteiger partial charge >= 0.3 is 0 Å². The summed E-state index contributed by atoms with van der Waals surface area (Å²) in [6, 6.07) is 14.3. The highest BCUT2D eigenvalue weighted by Gasteiger charge is 2.44. The van der Waals surface area contributed by atoms with Crippen LogP contribution in [0.1, 0.15) is 44.1 Å². The smallest absolute Gasteiger partial charge is 0.235 e. The van der Waals surface area contributed by atoms with Crippen molar-refractivity contribution in [2.45, 2.75) is 44.9 Å². The summed E-state index contributed by atoms with van der Waals surface area (Å²) in [5.74, 6) is 3.54. The first-order valence-corrected chi connectivity index (χ1v) is 13.7. The third-order valence-electron chi connectivity index (χ3n) is 8.43. The van der Waals surface area contributed by atoms with E-state index in [1.54, 1.807) is 7.11 Å². The summed E-state index contributed by atoms with van der Waals surface area (Å²) in [6.07, 6.45) is 6.04. The summed E-state index contributed by atoms with van der Waals surface area (Å²) >= 11 is 0. The SMILES string of the molecule is C=C[C@H]1CN2CC[C@H]1CC2[C@H](Oc1cccc(C2=N[C@H](C(C)C)CO2)n1)c1ccnc2ccc(OC)cc12. The molecule has 0 radical (unpaired) electrons. The van der Waals surface area contributed by atoms with E-state index in [0.717, 1.165) is 41.7 Å². The van der Waals surface area contributed by atoms with Crippen LogP contribution in [0.4, 0.5) is 0 Å². The molecule has 7 rings (SSSR count). The summed E-state index contributed by atoms with van der Waals surface area (Å²) in [4.78, 5) is 16.8. The van der Waals surface area contributed by atoms with Crippen LogP contribution in [0.5, 0.6) is 11.6 Å². The molecule has 7 heteroatoms. The Morgan fingerprint density at radius 2 is 2.08 bits per heavy atom. The van der Waals surface area contributed by atoms with E-state index in [1.165, 1.54) is 6.42 Å². The van der Waals surface area contributed by atoms with Crippen LogP contribution in [0.15, 0.2) is 66.3 Å². The Morgan fingerprint density at radius 1 is 1.18 bits per heavy atom. The van der Waals surface area contributed by atoms with Crippen molar-refractivity contribution in [3.8, 4) is 11.6 Å². The van der Waals surface area contributed by atoms with E-state index in [-0.39, 0.29) is 18.2 Å². The number of ether oxygens (including phenoxy) is 3. The molecule has 2 bridgehead atoms. The first kappa shape index (κ1) is 24.9. The third-order valence-corrected chi connectivity index (χ3v) is 8.43. The van der Waals surface area contributed by atoms with Crippen molar-refractivity contribution in [2.24, 2.45) is 22.7 Å². The van der Waals surface area contributed by atoms with Crippen LogP contribution in [0.25, 0.3) is 10.9 Å². The molecule has 198 valence electrons. The van der Waals surface area contributed by atoms with Crippen molar-refractivity contribution >= 4 is 16.8 Å². The van der Waals surface area contributed by atoms with E-state index >= 15 is 0 Å². The monoisotopic (exact) mass is 512 g/mol. The van der Waals surface area contributed by atoms with Gasteiger partial charge in [0.2, 0.25) is 11.8 Å². The second-order valence-corrected chi connectivity index (χ2v) is 11.0. The zero-order chi connectivity index (χ0) is 26.2. The van der Waals surface area contributed by atoms with Gasteiger partial charge in [-0.15, -0.1) is 6.58 Å². The molecule has 7 nitrogen and oxygen atoms in total. The first-order chi connectivity index (χ1) is 18.5. The van der Waals surface area contributed by atoms with E-state index in [2.05, 4.69) is 48.5 Å². The average Bonchev–Trinajstić information content (AvgIpc) is 3.47. The summed E-state index contributed by atoms with van der Waals surface area (Å²) in [6.45, 7) is 11.1. The Labute approximate surface area is 224 Å². The first-order valence-electron chi connectivity index (χ1n) is 13.7. The van der Waals surface area contributed by atoms with Crippen molar-refractivity contribution in [1.29, 1.82) is 0 Å². The lowest BCUT2D eigenvalue weighted by atomic mass is 9.73. The van der Waals surface area contributed by atoms with Crippen LogP contribution in [-0.4, -0.2) is 59.7 Å². The summed E-state index contributed by atoms with van der Waals surface area (Å²) in [5, 5.41) is 1.04. The number of nitrogens with zero attached hydrogens (tertiary/aromatic N) is 4. The molecule has 4 aliphatic heterocycles. The largest absolute Gasteiger partial charge is 0.497 e. The minimum absolute atomic E-state index is 0.158. The fraction of sp³-hybridized carbons (Fsp3) is 0.452. The van der Waals surface area contributed by atoms with Gasteiger partial charge < -0.3 is 14.2 Å². The molecular weight excluding hydrogens is 476 g/mol. The lowest BCUT2D eigenvalue weighted by Crippen LogP contribution is -2.55. The van der Waals surface area contributed by atoms with Gasteiger partial charge in [-0.25, -0.2) is 9.98 Å². The van der Waals surface area contributed by atoms with Crippen molar-refractivity contribution in [2.75, 3.05) is 26.8 Å². The van der Waals surface area contributed by atoms with Crippen LogP contribution in [0.2, 0.25) is 0 Å². The molecule has 0 saturated carbocycles. The normalized spacial score (nSPS) is 27.2. The predicted octanol–water partition coefficient (Wildman–Crippen LogP) is 5.46. The molecule has 2 aromatic heterocycles. The topological polar surface area (TPSA) is 69.1 Å². The number of fused-ring (bicyclic) bond motifs is 4. The zero-order valence-electron chi connectivity index (χ0n) is 22.4. The molecule has 38 heavy (non-hydrogen) atoms. The Balaban J connectivity index is 1.39. The molecule has 0 spiro atoms. The Bertz CT molecular complexity index is 1360. The fourth-order valence-corrected chi connectivity index (χ4v) is 6.16. The molecule has 3 fully saturated rings. The Kier molecular flexibility index (Phi) is 6.78. The van der Waals surface area contributed by atoms with Gasteiger partial charge in [-0.05, 0) is 67.5 Å². The number of hydrogen-bond acceptors (Lipinski definition) is 7. The van der Waals surface area contributed by atoms with Gasteiger partial charge in [-0.1, -0.05) is 26.0 Å². The van der Waals surface area contributed by atoms with Crippen LogP contribution in [0.3, 0.4) is 0 Å². The highest BCUT2D eigenvalue weighted by molar-refractivity contribution is 5.93. The number of hydrogen-bond donors (Lipinski definition) is 0. The molecule has 6 heterocycles. The molecule has 2 unspecified atom stereocenters. The van der Waals surface area contributed by atoms with Crippen LogP contribution in [0, 0.1) is 17.8 Å². The summed E-state index contributed by atoms with van der Waals surface area (Å²) in [5.41, 5.74) is 2.73. The minimum Gasteiger partial charge on any atom is -0.497 e. The van der Waals surface area contributed by atoms with Crippen LogP contribution >= 0.6 is 0 Å². The Morgan fingerprint density at radius 3 is 2.82 bits per heavy atom. The molecule has 3 saturated heterocycles. The van der Waals surface area contributed by atoms with Gasteiger partial charge in [0.05, 0.1) is 24.7 Å². The van der Waals surface area contributed by atoms with E-state index in [4.69, 9.17) is 24.2 Å². The van der Waals surface area contributed by atoms with Crippen molar-refractivity contribution in [3.05, 3.63) is 72.6 Å². The standard InChI is InChI=1S/C31H36N4O3/c1-5-20-17-35-14-12-21(20)15-28(35)30(23-11-13-32-25-10-9-22(36-4)16-24(23)25)38-29-8-6-7-26(33-29)31-34-27(18-37-31)19(2)3/h5-11,13,16,19-21,27-28,30H,1,12,14-15,17-18H2,2-4H3/t20-,21-,27-,28?,30+/m0/s1. The highest BCUT2D eigenvalue weighted by Crippen LogP contribution is 2.43. The molecule has 0 aliphatic carbocycles. The molecule has 0 amide bonds. The van der Waals surface area contributed by atoms with Crippen molar-refractivity contribution in [1.82, 2.24) is 14.9 Å². The highest BCUT2D eigenvalue weighted by atomic mass is 16.5. The summed E-state index contributed by atoms with van der Waals surface area (Å²) < 4.78 is 18.3.